The molecule has 0 saturated carbocycles. The van der Waals surface area contributed by atoms with Crippen molar-refractivity contribution in [3.63, 3.8) is 0 Å². The molecular weight excluding hydrogens is 312 g/mol. The second-order valence-corrected chi connectivity index (χ2v) is 7.04. The number of benzene rings is 2. The van der Waals surface area contributed by atoms with Crippen molar-refractivity contribution in [1.29, 1.82) is 0 Å². The maximum absolute atomic E-state index is 12.9. The Balaban J connectivity index is 1.83. The molecule has 0 bridgehead atoms. The minimum atomic E-state index is 0.0292. The summed E-state index contributed by atoms with van der Waals surface area (Å²) in [5.74, 6) is 0.686. The SMILES string of the molecule is CC1CCCN(C(=O)Cn2c3ccccc3c(=O)c3ccccc32)C1. The molecule has 25 heavy (non-hydrogen) atoms. The van der Waals surface area contributed by atoms with Gasteiger partial charge in [-0.3, -0.25) is 9.59 Å². The lowest BCUT2D eigenvalue weighted by Crippen LogP contribution is -2.41. The van der Waals surface area contributed by atoms with Gasteiger partial charge in [0.2, 0.25) is 5.91 Å². The van der Waals surface area contributed by atoms with Gasteiger partial charge in [-0.25, -0.2) is 0 Å². The van der Waals surface area contributed by atoms with Crippen LogP contribution in [0, 0.1) is 5.92 Å². The Hall–Kier alpha value is -2.62. The molecule has 1 aromatic heterocycles. The number of pyridine rings is 1. The Kier molecular flexibility index (Phi) is 4.04. The van der Waals surface area contributed by atoms with Gasteiger partial charge < -0.3 is 9.47 Å². The van der Waals surface area contributed by atoms with E-state index in [-0.39, 0.29) is 17.9 Å². The van der Waals surface area contributed by atoms with E-state index in [9.17, 15) is 9.59 Å². The molecule has 0 radical (unpaired) electrons. The van der Waals surface area contributed by atoms with Crippen LogP contribution >= 0.6 is 0 Å². The Bertz CT molecular complexity index is 946. The summed E-state index contributed by atoms with van der Waals surface area (Å²) in [5.41, 5.74) is 1.68. The summed E-state index contributed by atoms with van der Waals surface area (Å²) < 4.78 is 1.99. The zero-order valence-corrected chi connectivity index (χ0v) is 14.4. The van der Waals surface area contributed by atoms with Crippen LogP contribution in [0.4, 0.5) is 0 Å². The standard InChI is InChI=1S/C21H22N2O2/c1-15-7-6-12-22(13-15)20(24)14-23-18-10-4-2-8-16(18)21(25)17-9-3-5-11-19(17)23/h2-5,8-11,15H,6-7,12-14H2,1H3. The molecule has 128 valence electrons. The van der Waals surface area contributed by atoms with Gasteiger partial charge in [0.05, 0.1) is 11.0 Å². The molecule has 4 rings (SSSR count). The molecule has 2 heterocycles. The van der Waals surface area contributed by atoms with Gasteiger partial charge in [-0.05, 0) is 43.0 Å². The number of nitrogens with zero attached hydrogens (tertiary/aromatic N) is 2. The van der Waals surface area contributed by atoms with E-state index >= 15 is 0 Å². The third kappa shape index (κ3) is 2.82. The van der Waals surface area contributed by atoms with Crippen LogP contribution in [0.2, 0.25) is 0 Å². The van der Waals surface area contributed by atoms with Gasteiger partial charge in [-0.2, -0.15) is 0 Å². The van der Waals surface area contributed by atoms with Crippen molar-refractivity contribution in [3.8, 4) is 0 Å². The molecule has 4 nitrogen and oxygen atoms in total. The normalized spacial score (nSPS) is 18.0. The van der Waals surface area contributed by atoms with E-state index in [0.717, 1.165) is 30.5 Å². The summed E-state index contributed by atoms with van der Waals surface area (Å²) >= 11 is 0. The predicted octanol–water partition coefficient (Wildman–Crippen LogP) is 3.41. The van der Waals surface area contributed by atoms with Crippen molar-refractivity contribution in [1.82, 2.24) is 9.47 Å². The first-order valence-corrected chi connectivity index (χ1v) is 8.93. The number of likely N-dealkylation sites (tertiary alicyclic amines) is 1. The van der Waals surface area contributed by atoms with Gasteiger partial charge in [0, 0.05) is 23.9 Å². The van der Waals surface area contributed by atoms with E-state index in [1.165, 1.54) is 6.42 Å². The molecule has 2 aromatic carbocycles. The van der Waals surface area contributed by atoms with Crippen molar-refractivity contribution < 1.29 is 4.79 Å². The third-order valence-corrected chi connectivity index (χ3v) is 5.18. The first-order chi connectivity index (χ1) is 12.1. The Morgan fingerprint density at radius 1 is 1.04 bits per heavy atom. The second-order valence-electron chi connectivity index (χ2n) is 7.04. The van der Waals surface area contributed by atoms with Crippen LogP contribution in [0.15, 0.2) is 53.3 Å². The van der Waals surface area contributed by atoms with Gasteiger partial charge in [0.15, 0.2) is 5.43 Å². The first-order valence-electron chi connectivity index (χ1n) is 8.93. The lowest BCUT2D eigenvalue weighted by molar-refractivity contribution is -0.133. The Morgan fingerprint density at radius 3 is 2.24 bits per heavy atom. The van der Waals surface area contributed by atoms with Crippen molar-refractivity contribution in [3.05, 3.63) is 58.8 Å². The lowest BCUT2D eigenvalue weighted by atomic mass is 10.0. The van der Waals surface area contributed by atoms with Crippen LogP contribution in [0.5, 0.6) is 0 Å². The number of rotatable bonds is 2. The zero-order chi connectivity index (χ0) is 17.4. The Morgan fingerprint density at radius 2 is 1.64 bits per heavy atom. The summed E-state index contributed by atoms with van der Waals surface area (Å²) in [6.07, 6.45) is 2.26. The topological polar surface area (TPSA) is 42.3 Å². The number of hydrogen-bond acceptors (Lipinski definition) is 2. The van der Waals surface area contributed by atoms with Crippen LogP contribution < -0.4 is 5.43 Å². The smallest absolute Gasteiger partial charge is 0.242 e. The van der Waals surface area contributed by atoms with Gasteiger partial charge in [0.25, 0.3) is 0 Å². The molecule has 0 N–H and O–H groups in total. The first kappa shape index (κ1) is 15.9. The minimum Gasteiger partial charge on any atom is -0.341 e. The van der Waals surface area contributed by atoms with E-state index in [1.54, 1.807) is 0 Å². The fourth-order valence-corrected chi connectivity index (χ4v) is 3.90. The second kappa shape index (κ2) is 6.36. The molecule has 1 aliphatic rings. The van der Waals surface area contributed by atoms with E-state index < -0.39 is 0 Å². The van der Waals surface area contributed by atoms with E-state index in [0.29, 0.717) is 16.7 Å². The van der Waals surface area contributed by atoms with Crippen molar-refractivity contribution in [2.45, 2.75) is 26.3 Å². The maximum Gasteiger partial charge on any atom is 0.242 e. The molecule has 0 aliphatic carbocycles. The zero-order valence-electron chi connectivity index (χ0n) is 14.4. The van der Waals surface area contributed by atoms with Gasteiger partial charge in [-0.1, -0.05) is 31.2 Å². The largest absolute Gasteiger partial charge is 0.341 e. The summed E-state index contributed by atoms with van der Waals surface area (Å²) in [6, 6.07) is 15.1. The van der Waals surface area contributed by atoms with E-state index in [2.05, 4.69) is 6.92 Å². The highest BCUT2D eigenvalue weighted by Crippen LogP contribution is 2.21. The number of amides is 1. The van der Waals surface area contributed by atoms with Crippen molar-refractivity contribution >= 4 is 27.7 Å². The van der Waals surface area contributed by atoms with Crippen molar-refractivity contribution in [2.24, 2.45) is 5.92 Å². The molecule has 1 atom stereocenters. The number of hydrogen-bond donors (Lipinski definition) is 0. The fourth-order valence-electron chi connectivity index (χ4n) is 3.90. The molecular formula is C21H22N2O2. The van der Waals surface area contributed by atoms with Crippen LogP contribution in [0.1, 0.15) is 19.8 Å². The summed E-state index contributed by atoms with van der Waals surface area (Å²) in [6.45, 7) is 4.13. The van der Waals surface area contributed by atoms with Crippen LogP contribution in [-0.4, -0.2) is 28.5 Å². The molecule has 0 spiro atoms. The van der Waals surface area contributed by atoms with Crippen LogP contribution in [0.3, 0.4) is 0 Å². The highest BCUT2D eigenvalue weighted by Gasteiger charge is 2.22. The molecule has 3 aromatic rings. The predicted molar refractivity (Wildman–Crippen MR) is 101 cm³/mol. The average molecular weight is 334 g/mol. The minimum absolute atomic E-state index is 0.0292. The van der Waals surface area contributed by atoms with E-state index in [1.807, 2.05) is 58.0 Å². The lowest BCUT2D eigenvalue weighted by Gasteiger charge is -2.31. The summed E-state index contributed by atoms with van der Waals surface area (Å²) in [5, 5.41) is 1.34. The molecule has 4 heteroatoms. The fraction of sp³-hybridized carbons (Fsp3) is 0.333. The number of carbonyl (C=O) groups is 1. The maximum atomic E-state index is 12.9. The molecule has 1 aliphatic heterocycles. The average Bonchev–Trinajstić information content (AvgIpc) is 2.65. The Labute approximate surface area is 146 Å². The highest BCUT2D eigenvalue weighted by atomic mass is 16.2. The summed E-state index contributed by atoms with van der Waals surface area (Å²) in [7, 11) is 0. The van der Waals surface area contributed by atoms with Crippen molar-refractivity contribution in [2.75, 3.05) is 13.1 Å². The number of aromatic nitrogens is 1. The number of para-hydroxylation sites is 2. The molecule has 1 unspecified atom stereocenters. The van der Waals surface area contributed by atoms with Gasteiger partial charge in [0.1, 0.15) is 6.54 Å². The van der Waals surface area contributed by atoms with Crippen LogP contribution in [-0.2, 0) is 11.3 Å². The molecule has 1 saturated heterocycles. The van der Waals surface area contributed by atoms with Crippen LogP contribution in [0.25, 0.3) is 21.8 Å². The monoisotopic (exact) mass is 334 g/mol. The summed E-state index contributed by atoms with van der Waals surface area (Å²) in [4.78, 5) is 27.6. The van der Waals surface area contributed by atoms with Gasteiger partial charge >= 0.3 is 0 Å². The number of carbonyl (C=O) groups excluding carboxylic acids is 1. The van der Waals surface area contributed by atoms with Gasteiger partial charge in [-0.15, -0.1) is 0 Å². The highest BCUT2D eigenvalue weighted by molar-refractivity contribution is 5.94. The third-order valence-electron chi connectivity index (χ3n) is 5.18. The van der Waals surface area contributed by atoms with E-state index in [4.69, 9.17) is 0 Å². The quantitative estimate of drug-likeness (QED) is 0.674. The molecule has 1 fully saturated rings. The molecule has 1 amide bonds. The number of fused-ring (bicyclic) bond motifs is 2. The number of piperidine rings is 1.